The Morgan fingerprint density at radius 1 is 1.07 bits per heavy atom. The predicted molar refractivity (Wildman–Crippen MR) is 61.3 cm³/mol. The molecule has 0 bridgehead atoms. The van der Waals surface area contributed by atoms with Gasteiger partial charge in [0, 0.05) is 0 Å². The van der Waals surface area contributed by atoms with E-state index in [-0.39, 0.29) is 6.10 Å². The molecule has 0 aromatic heterocycles. The van der Waals surface area contributed by atoms with E-state index >= 15 is 0 Å². The molecule has 0 radical (unpaired) electrons. The van der Waals surface area contributed by atoms with Crippen molar-refractivity contribution in [1.82, 2.24) is 0 Å². The summed E-state index contributed by atoms with van der Waals surface area (Å²) in [4.78, 5) is 0. The number of hydrogen-bond donors (Lipinski definition) is 0. The third kappa shape index (κ3) is 5.65. The Morgan fingerprint density at radius 2 is 1.60 bits per heavy atom. The molecule has 1 saturated carbocycles. The van der Waals surface area contributed by atoms with Crippen molar-refractivity contribution in [2.75, 3.05) is 0 Å². The Kier molecular flexibility index (Phi) is 4.34. The van der Waals surface area contributed by atoms with Crippen molar-refractivity contribution in [2.24, 2.45) is 0 Å². The average molecular weight is 252 g/mol. The topological polar surface area (TPSA) is 52.6 Å². The van der Waals surface area contributed by atoms with Gasteiger partial charge in [-0.25, -0.2) is 4.18 Å². The third-order valence-corrected chi connectivity index (χ3v) is 5.48. The molecule has 0 aliphatic heterocycles. The smallest absolute Gasteiger partial charge is 0.294 e. The Morgan fingerprint density at radius 3 is 2.07 bits per heavy atom. The highest BCUT2D eigenvalue weighted by Gasteiger charge is 2.28. The Balaban J connectivity index is 2.48. The fraction of sp³-hybridized carbons (Fsp3) is 1.00. The summed E-state index contributed by atoms with van der Waals surface area (Å²) in [5, 5.41) is 0. The molecule has 0 amide bonds. The normalized spacial score (nSPS) is 20.5. The molecule has 0 N–H and O–H groups in total. The average Bonchev–Trinajstić information content (AvgIpc) is 1.99. The van der Waals surface area contributed by atoms with E-state index in [1.165, 1.54) is 6.42 Å². The molecule has 90 valence electrons. The highest BCUT2D eigenvalue weighted by molar-refractivity contribution is 7.83. The van der Waals surface area contributed by atoms with Gasteiger partial charge in [0.25, 0.3) is 0 Å². The fourth-order valence-electron chi connectivity index (χ4n) is 1.65. The van der Waals surface area contributed by atoms with Crippen molar-refractivity contribution < 1.29 is 16.5 Å². The van der Waals surface area contributed by atoms with E-state index in [0.29, 0.717) is 0 Å². The van der Waals surface area contributed by atoms with Gasteiger partial charge < -0.3 is 0 Å². The molecule has 1 aliphatic rings. The second-order valence-corrected chi connectivity index (χ2v) is 10.9. The maximum absolute atomic E-state index is 11.5. The SMILES string of the molecule is C[Si](C)(C)OS(=O)(=O)OC1CCCCC1. The van der Waals surface area contributed by atoms with Crippen LogP contribution in [0.4, 0.5) is 0 Å². The van der Waals surface area contributed by atoms with E-state index in [1.807, 2.05) is 19.6 Å². The molecule has 0 aromatic carbocycles. The van der Waals surface area contributed by atoms with Gasteiger partial charge in [0.15, 0.2) is 0 Å². The van der Waals surface area contributed by atoms with Crippen LogP contribution in [0.5, 0.6) is 0 Å². The highest BCUT2D eigenvalue weighted by Crippen LogP contribution is 2.23. The first kappa shape index (κ1) is 13.2. The summed E-state index contributed by atoms with van der Waals surface area (Å²) in [5.41, 5.74) is 0. The lowest BCUT2D eigenvalue weighted by atomic mass is 9.98. The molecule has 15 heavy (non-hydrogen) atoms. The van der Waals surface area contributed by atoms with Crippen LogP contribution in [0.3, 0.4) is 0 Å². The van der Waals surface area contributed by atoms with E-state index in [1.54, 1.807) is 0 Å². The Labute approximate surface area is 93.4 Å². The minimum Gasteiger partial charge on any atom is -0.294 e. The summed E-state index contributed by atoms with van der Waals surface area (Å²) in [6.45, 7) is 5.48. The Hall–Kier alpha value is 0.0869. The first-order valence-electron chi connectivity index (χ1n) is 5.42. The lowest BCUT2D eigenvalue weighted by molar-refractivity contribution is 0.144. The summed E-state index contributed by atoms with van der Waals surface area (Å²) in [6, 6.07) is 0. The molecule has 4 nitrogen and oxygen atoms in total. The zero-order valence-electron chi connectivity index (χ0n) is 9.65. The monoisotopic (exact) mass is 252 g/mol. The quantitative estimate of drug-likeness (QED) is 0.721. The van der Waals surface area contributed by atoms with E-state index in [4.69, 9.17) is 8.06 Å². The van der Waals surface area contributed by atoms with Gasteiger partial charge in [-0.1, -0.05) is 19.3 Å². The zero-order chi connectivity index (χ0) is 11.5. The van der Waals surface area contributed by atoms with Crippen molar-refractivity contribution >= 4 is 18.7 Å². The van der Waals surface area contributed by atoms with Crippen LogP contribution in [-0.4, -0.2) is 22.8 Å². The molecule has 6 heteroatoms. The number of rotatable bonds is 4. The minimum absolute atomic E-state index is 0.167. The van der Waals surface area contributed by atoms with Gasteiger partial charge in [0.05, 0.1) is 6.10 Å². The second-order valence-electron chi connectivity index (χ2n) is 4.96. The van der Waals surface area contributed by atoms with Gasteiger partial charge in [0.1, 0.15) is 0 Å². The van der Waals surface area contributed by atoms with Crippen molar-refractivity contribution in [3.8, 4) is 0 Å². The summed E-state index contributed by atoms with van der Waals surface area (Å²) in [7, 11) is -5.87. The van der Waals surface area contributed by atoms with Crippen molar-refractivity contribution in [1.29, 1.82) is 0 Å². The lowest BCUT2D eigenvalue weighted by Gasteiger charge is -2.23. The van der Waals surface area contributed by atoms with Gasteiger partial charge >= 0.3 is 10.4 Å². The molecular weight excluding hydrogens is 232 g/mol. The highest BCUT2D eigenvalue weighted by atomic mass is 32.3. The van der Waals surface area contributed by atoms with Crippen LogP contribution >= 0.6 is 0 Å². The lowest BCUT2D eigenvalue weighted by Crippen LogP contribution is -2.32. The van der Waals surface area contributed by atoms with E-state index in [2.05, 4.69) is 0 Å². The van der Waals surface area contributed by atoms with Crippen LogP contribution in [0.1, 0.15) is 32.1 Å². The van der Waals surface area contributed by atoms with E-state index < -0.39 is 18.7 Å². The summed E-state index contributed by atoms with van der Waals surface area (Å²) >= 11 is 0. The maximum atomic E-state index is 11.5. The van der Waals surface area contributed by atoms with Crippen LogP contribution in [0.25, 0.3) is 0 Å². The molecule has 1 rings (SSSR count). The Bertz CT molecular complexity index is 288. The minimum atomic E-state index is -3.78. The third-order valence-electron chi connectivity index (χ3n) is 2.16. The predicted octanol–water partition coefficient (Wildman–Crippen LogP) is 2.43. The summed E-state index contributed by atoms with van der Waals surface area (Å²) < 4.78 is 33.1. The molecule has 1 aliphatic carbocycles. The summed E-state index contributed by atoms with van der Waals surface area (Å²) in [6.07, 6.45) is 4.76. The molecule has 0 spiro atoms. The zero-order valence-corrected chi connectivity index (χ0v) is 11.5. The van der Waals surface area contributed by atoms with E-state index in [0.717, 1.165) is 25.7 Å². The van der Waals surface area contributed by atoms with E-state index in [9.17, 15) is 8.42 Å². The fourth-order valence-corrected chi connectivity index (χ4v) is 4.79. The van der Waals surface area contributed by atoms with Crippen molar-refractivity contribution in [2.45, 2.75) is 57.8 Å². The van der Waals surface area contributed by atoms with Crippen LogP contribution in [-0.2, 0) is 18.5 Å². The number of hydrogen-bond acceptors (Lipinski definition) is 4. The molecule has 0 unspecified atom stereocenters. The van der Waals surface area contributed by atoms with Crippen LogP contribution in [0.15, 0.2) is 0 Å². The molecule has 1 fully saturated rings. The van der Waals surface area contributed by atoms with Crippen LogP contribution < -0.4 is 0 Å². The largest absolute Gasteiger partial charge is 0.390 e. The van der Waals surface area contributed by atoms with Crippen molar-refractivity contribution in [3.63, 3.8) is 0 Å². The van der Waals surface area contributed by atoms with Gasteiger partial charge in [-0.3, -0.25) is 3.87 Å². The second kappa shape index (κ2) is 4.95. The van der Waals surface area contributed by atoms with Crippen LogP contribution in [0.2, 0.25) is 19.6 Å². The van der Waals surface area contributed by atoms with Gasteiger partial charge in [-0.05, 0) is 32.5 Å². The molecule has 0 heterocycles. The van der Waals surface area contributed by atoms with Gasteiger partial charge in [-0.15, -0.1) is 0 Å². The molecular formula is C9H20O4SSi. The standard InChI is InChI=1S/C9H20O4SSi/c1-15(2,3)13-14(10,11)12-9-7-5-4-6-8-9/h9H,4-8H2,1-3H3. The first-order chi connectivity index (χ1) is 6.79. The molecule has 0 aromatic rings. The molecule has 0 atom stereocenters. The molecule has 0 saturated heterocycles. The van der Waals surface area contributed by atoms with Crippen LogP contribution in [0, 0.1) is 0 Å². The summed E-state index contributed by atoms with van der Waals surface area (Å²) in [5.74, 6) is 0. The first-order valence-corrected chi connectivity index (χ1v) is 10.2. The van der Waals surface area contributed by atoms with Gasteiger partial charge in [0.2, 0.25) is 8.32 Å². The van der Waals surface area contributed by atoms with Gasteiger partial charge in [-0.2, -0.15) is 8.42 Å². The maximum Gasteiger partial charge on any atom is 0.390 e. The van der Waals surface area contributed by atoms with Crippen molar-refractivity contribution in [3.05, 3.63) is 0 Å².